The maximum absolute atomic E-state index is 8.34. The topological polar surface area (TPSA) is 58.0 Å². The molecular weight excluding hydrogens is 346 g/mol. The summed E-state index contributed by atoms with van der Waals surface area (Å²) in [5, 5.41) is 3.49. The van der Waals surface area contributed by atoms with Crippen LogP contribution in [0.3, 0.4) is 0 Å². The van der Waals surface area contributed by atoms with Gasteiger partial charge in [0.1, 0.15) is 5.75 Å². The molecule has 0 aliphatic carbocycles. The van der Waals surface area contributed by atoms with Gasteiger partial charge in [-0.25, -0.2) is 0 Å². The predicted octanol–water partition coefficient (Wildman–Crippen LogP) is 6.61. The largest absolute Gasteiger partial charge is 0.493 e. The Morgan fingerprint density at radius 3 is 2.14 bits per heavy atom. The number of ether oxygens (including phenoxy) is 1. The Balaban J connectivity index is 1.93. The molecule has 0 aliphatic rings. The summed E-state index contributed by atoms with van der Waals surface area (Å²) in [7, 11) is 0. The second-order valence-electron chi connectivity index (χ2n) is 6.33. The molecule has 0 spiro atoms. The van der Waals surface area contributed by atoms with Crippen LogP contribution in [0.15, 0.2) is 96.1 Å². The smallest absolute Gasteiger partial charge is 0.119 e. The van der Waals surface area contributed by atoms with Crippen LogP contribution in [0.5, 0.6) is 5.75 Å². The van der Waals surface area contributed by atoms with Gasteiger partial charge in [-0.15, -0.1) is 0 Å². The fraction of sp³-hybridized carbons (Fsp3) is 0.167. The van der Waals surface area contributed by atoms with Crippen LogP contribution >= 0.6 is 0 Å². The summed E-state index contributed by atoms with van der Waals surface area (Å²) < 4.78 is 5.64. The highest BCUT2D eigenvalue weighted by Crippen LogP contribution is 2.38. The Hall–Kier alpha value is -3.49. The Kier molecular flexibility index (Phi) is 6.89. The van der Waals surface area contributed by atoms with Crippen molar-refractivity contribution in [1.29, 1.82) is 0 Å². The molecule has 0 bridgehead atoms. The number of nitrogens with zero attached hydrogens (tertiary/aromatic N) is 3. The highest BCUT2D eigenvalue weighted by Gasteiger charge is 2.19. The van der Waals surface area contributed by atoms with Gasteiger partial charge in [-0.2, -0.15) is 0 Å². The van der Waals surface area contributed by atoms with E-state index < -0.39 is 0 Å². The second-order valence-corrected chi connectivity index (χ2v) is 6.33. The summed E-state index contributed by atoms with van der Waals surface area (Å²) in [5.41, 5.74) is 13.3. The van der Waals surface area contributed by atoms with Crippen LogP contribution in [0.4, 0.5) is 0 Å². The third-order valence-electron chi connectivity index (χ3n) is 4.60. The third-order valence-corrected chi connectivity index (χ3v) is 4.60. The summed E-state index contributed by atoms with van der Waals surface area (Å²) in [6.07, 6.45) is 2.19. The fourth-order valence-electron chi connectivity index (χ4n) is 3.33. The van der Waals surface area contributed by atoms with Crippen molar-refractivity contribution in [3.8, 4) is 5.75 Å². The van der Waals surface area contributed by atoms with Crippen molar-refractivity contribution in [2.45, 2.75) is 12.8 Å². The molecule has 3 rings (SSSR count). The molecule has 3 aromatic carbocycles. The highest BCUT2D eigenvalue weighted by molar-refractivity contribution is 5.75. The zero-order chi connectivity index (χ0) is 19.6. The average molecular weight is 369 g/mol. The molecule has 0 aliphatic heterocycles. The molecule has 0 heterocycles. The van der Waals surface area contributed by atoms with E-state index >= 15 is 0 Å². The lowest BCUT2D eigenvalue weighted by Gasteiger charge is -2.22. The van der Waals surface area contributed by atoms with E-state index in [-0.39, 0.29) is 5.92 Å². The van der Waals surface area contributed by atoms with Gasteiger partial charge in [0.15, 0.2) is 0 Å². The maximum Gasteiger partial charge on any atom is 0.119 e. The fourth-order valence-corrected chi connectivity index (χ4v) is 3.33. The minimum absolute atomic E-state index is 0.130. The van der Waals surface area contributed by atoms with Crippen LogP contribution in [-0.4, -0.2) is 13.2 Å². The Bertz CT molecular complexity index is 944. The van der Waals surface area contributed by atoms with Crippen LogP contribution in [0.1, 0.15) is 29.5 Å². The quantitative estimate of drug-likeness (QED) is 0.191. The molecule has 0 radical (unpaired) electrons. The Morgan fingerprint density at radius 1 is 0.929 bits per heavy atom. The molecule has 28 heavy (non-hydrogen) atoms. The average Bonchev–Trinajstić information content (AvgIpc) is 2.77. The standard InChI is InChI=1S/C24H23N3O/c1-2-23(19-9-5-3-6-10-19)24(20-11-7-4-8-12-20)21-13-15-22(16-14-21)28-18-17-26-27-25/h2-16,24H,17-18H2,1H3. The van der Waals surface area contributed by atoms with Gasteiger partial charge in [0.25, 0.3) is 0 Å². The molecule has 0 fully saturated rings. The first kappa shape index (κ1) is 19.3. The Morgan fingerprint density at radius 2 is 1.54 bits per heavy atom. The number of rotatable bonds is 8. The summed E-state index contributed by atoms with van der Waals surface area (Å²) in [5.74, 6) is 0.899. The molecule has 0 saturated heterocycles. The molecule has 0 amide bonds. The van der Waals surface area contributed by atoms with Crippen LogP contribution < -0.4 is 4.74 Å². The van der Waals surface area contributed by atoms with Crippen molar-refractivity contribution in [3.63, 3.8) is 0 Å². The van der Waals surface area contributed by atoms with E-state index in [4.69, 9.17) is 10.3 Å². The molecule has 3 aromatic rings. The zero-order valence-electron chi connectivity index (χ0n) is 15.9. The molecule has 140 valence electrons. The van der Waals surface area contributed by atoms with Crippen molar-refractivity contribution in [1.82, 2.24) is 0 Å². The molecule has 0 N–H and O–H groups in total. The lowest BCUT2D eigenvalue weighted by molar-refractivity contribution is 0.328. The van der Waals surface area contributed by atoms with Gasteiger partial charge in [0.05, 0.1) is 13.2 Å². The first-order valence-corrected chi connectivity index (χ1v) is 9.33. The molecule has 0 saturated carbocycles. The first-order valence-electron chi connectivity index (χ1n) is 9.33. The summed E-state index contributed by atoms with van der Waals surface area (Å²) in [6.45, 7) is 2.78. The van der Waals surface area contributed by atoms with Gasteiger partial charge in [-0.1, -0.05) is 84.0 Å². The van der Waals surface area contributed by atoms with Crippen molar-refractivity contribution in [2.24, 2.45) is 5.11 Å². The maximum atomic E-state index is 8.34. The number of hydrogen-bond acceptors (Lipinski definition) is 2. The van der Waals surface area contributed by atoms with Gasteiger partial charge in [0, 0.05) is 10.8 Å². The molecule has 0 aromatic heterocycles. The van der Waals surface area contributed by atoms with Crippen molar-refractivity contribution in [2.75, 3.05) is 13.2 Å². The van der Waals surface area contributed by atoms with Crippen LogP contribution in [0.2, 0.25) is 0 Å². The third kappa shape index (κ3) is 4.81. The van der Waals surface area contributed by atoms with Crippen LogP contribution in [0, 0.1) is 0 Å². The number of hydrogen-bond donors (Lipinski definition) is 0. The first-order chi connectivity index (χ1) is 13.8. The van der Waals surface area contributed by atoms with Crippen molar-refractivity contribution >= 4 is 5.57 Å². The van der Waals surface area contributed by atoms with Gasteiger partial charge in [-0.05, 0) is 46.9 Å². The van der Waals surface area contributed by atoms with Gasteiger partial charge in [-0.3, -0.25) is 0 Å². The highest BCUT2D eigenvalue weighted by atomic mass is 16.5. The number of azide groups is 1. The SMILES string of the molecule is CC=C(c1ccccc1)C(c1ccccc1)c1ccc(OCCN=[N+]=[N-])cc1. The van der Waals surface area contributed by atoms with Gasteiger partial charge in [0.2, 0.25) is 0 Å². The minimum Gasteiger partial charge on any atom is -0.493 e. The van der Waals surface area contributed by atoms with E-state index in [0.717, 1.165) is 5.75 Å². The van der Waals surface area contributed by atoms with Gasteiger partial charge < -0.3 is 4.74 Å². The monoisotopic (exact) mass is 369 g/mol. The molecule has 1 atom stereocenters. The van der Waals surface area contributed by atoms with Gasteiger partial charge >= 0.3 is 0 Å². The van der Waals surface area contributed by atoms with Crippen molar-refractivity contribution in [3.05, 3.63) is 118 Å². The van der Waals surface area contributed by atoms with Crippen LogP contribution in [0.25, 0.3) is 16.0 Å². The van der Waals surface area contributed by atoms with E-state index in [1.807, 2.05) is 24.3 Å². The normalized spacial score (nSPS) is 12.1. The summed E-state index contributed by atoms with van der Waals surface area (Å²) in [4.78, 5) is 2.73. The van der Waals surface area contributed by atoms with Crippen LogP contribution in [-0.2, 0) is 0 Å². The lowest BCUT2D eigenvalue weighted by Crippen LogP contribution is -2.05. The molecular formula is C24H23N3O. The predicted molar refractivity (Wildman–Crippen MR) is 114 cm³/mol. The molecule has 4 heteroatoms. The van der Waals surface area contributed by atoms with E-state index in [1.54, 1.807) is 0 Å². The number of allylic oxidation sites excluding steroid dienone is 2. The van der Waals surface area contributed by atoms with E-state index in [2.05, 4.69) is 83.7 Å². The number of benzene rings is 3. The molecule has 1 unspecified atom stereocenters. The van der Waals surface area contributed by atoms with E-state index in [9.17, 15) is 0 Å². The second kappa shape index (κ2) is 10.0. The zero-order valence-corrected chi connectivity index (χ0v) is 15.9. The molecule has 4 nitrogen and oxygen atoms in total. The lowest BCUT2D eigenvalue weighted by atomic mass is 9.81. The van der Waals surface area contributed by atoms with Crippen molar-refractivity contribution < 1.29 is 4.74 Å². The summed E-state index contributed by atoms with van der Waals surface area (Å²) >= 11 is 0. The van der Waals surface area contributed by atoms with E-state index in [0.29, 0.717) is 13.2 Å². The minimum atomic E-state index is 0.130. The van der Waals surface area contributed by atoms with E-state index in [1.165, 1.54) is 22.3 Å². The Labute approximate surface area is 165 Å². The summed E-state index contributed by atoms with van der Waals surface area (Å²) in [6, 6.07) is 29.2.